The Morgan fingerprint density at radius 1 is 0.688 bits per heavy atom. The van der Waals surface area contributed by atoms with Gasteiger partial charge in [0, 0.05) is 17.3 Å². The molecule has 0 atom stereocenters. The van der Waals surface area contributed by atoms with Crippen LogP contribution in [0.15, 0.2) is 103 Å². The van der Waals surface area contributed by atoms with E-state index in [4.69, 9.17) is 4.98 Å². The van der Waals surface area contributed by atoms with Crippen LogP contribution in [0.3, 0.4) is 0 Å². The molecule has 0 bridgehead atoms. The highest BCUT2D eigenvalue weighted by molar-refractivity contribution is 7.21. The van der Waals surface area contributed by atoms with E-state index < -0.39 is 0 Å². The van der Waals surface area contributed by atoms with Gasteiger partial charge in [0.2, 0.25) is 0 Å². The van der Waals surface area contributed by atoms with Gasteiger partial charge in [-0.2, -0.15) is 0 Å². The Morgan fingerprint density at radius 2 is 1.50 bits per heavy atom. The summed E-state index contributed by atoms with van der Waals surface area (Å²) in [6.45, 7) is 0. The van der Waals surface area contributed by atoms with Gasteiger partial charge < -0.3 is 5.11 Å². The topological polar surface area (TPSA) is 46.0 Å². The maximum absolute atomic E-state index is 10.3. The molecule has 0 radical (unpaired) electrons. The van der Waals surface area contributed by atoms with E-state index in [1.54, 1.807) is 17.4 Å². The molecule has 0 unspecified atom stereocenters. The van der Waals surface area contributed by atoms with Crippen LogP contribution in [0.1, 0.15) is 0 Å². The lowest BCUT2D eigenvalue weighted by Gasteiger charge is -2.11. The Bertz CT molecular complexity index is 1590. The Balaban J connectivity index is 1.60. The number of thiazole rings is 1. The number of para-hydroxylation sites is 2. The summed E-state index contributed by atoms with van der Waals surface area (Å²) < 4.78 is 1.09. The first kappa shape index (κ1) is 18.7. The van der Waals surface area contributed by atoms with E-state index in [1.807, 2.05) is 42.6 Å². The van der Waals surface area contributed by atoms with Gasteiger partial charge in [-0.3, -0.25) is 4.98 Å². The highest BCUT2D eigenvalue weighted by Gasteiger charge is 2.15. The number of hydrogen-bond acceptors (Lipinski definition) is 4. The van der Waals surface area contributed by atoms with E-state index in [2.05, 4.69) is 59.6 Å². The van der Waals surface area contributed by atoms with Gasteiger partial charge in [-0.1, -0.05) is 54.6 Å². The third-order valence-electron chi connectivity index (χ3n) is 5.67. The van der Waals surface area contributed by atoms with E-state index in [0.717, 1.165) is 43.2 Å². The van der Waals surface area contributed by atoms with Crippen molar-refractivity contribution in [3.05, 3.63) is 103 Å². The second kappa shape index (κ2) is 7.59. The maximum Gasteiger partial charge on any atom is 0.128 e. The summed E-state index contributed by atoms with van der Waals surface area (Å²) in [4.78, 5) is 9.55. The molecule has 0 saturated heterocycles. The standard InChI is InChI=1S/C28H18N2OS/c31-25-13-4-3-10-22(25)28-30-27-21(11-7-14-26(27)32-28)19-16-18-8-1-2-9-20(18)23(17-19)24-12-5-6-15-29-24/h1-17,31H. The van der Waals surface area contributed by atoms with Crippen LogP contribution in [-0.4, -0.2) is 15.1 Å². The number of hydrogen-bond donors (Lipinski definition) is 1. The number of phenolic OH excluding ortho intramolecular Hbond substituents is 1. The maximum atomic E-state index is 10.3. The van der Waals surface area contributed by atoms with Crippen LogP contribution in [-0.2, 0) is 0 Å². The smallest absolute Gasteiger partial charge is 0.128 e. The van der Waals surface area contributed by atoms with Gasteiger partial charge >= 0.3 is 0 Å². The highest BCUT2D eigenvalue weighted by Crippen LogP contribution is 2.40. The number of benzene rings is 4. The van der Waals surface area contributed by atoms with Crippen molar-refractivity contribution in [2.24, 2.45) is 0 Å². The molecule has 6 rings (SSSR count). The largest absolute Gasteiger partial charge is 0.507 e. The number of phenols is 1. The zero-order valence-corrected chi connectivity index (χ0v) is 17.9. The van der Waals surface area contributed by atoms with E-state index in [9.17, 15) is 5.11 Å². The van der Waals surface area contributed by atoms with Gasteiger partial charge in [0.25, 0.3) is 0 Å². The van der Waals surface area contributed by atoms with Crippen molar-refractivity contribution >= 4 is 32.3 Å². The number of rotatable bonds is 3. The van der Waals surface area contributed by atoms with Gasteiger partial charge in [0.05, 0.1) is 21.5 Å². The fourth-order valence-corrected chi connectivity index (χ4v) is 5.18. The molecule has 0 amide bonds. The summed E-state index contributed by atoms with van der Waals surface area (Å²) >= 11 is 1.59. The second-order valence-electron chi connectivity index (χ2n) is 7.65. The van der Waals surface area contributed by atoms with Crippen LogP contribution in [0.2, 0.25) is 0 Å². The second-order valence-corrected chi connectivity index (χ2v) is 8.68. The van der Waals surface area contributed by atoms with Crippen molar-refractivity contribution in [3.63, 3.8) is 0 Å². The first-order valence-corrected chi connectivity index (χ1v) is 11.2. The van der Waals surface area contributed by atoms with Crippen LogP contribution in [0, 0.1) is 0 Å². The molecular weight excluding hydrogens is 412 g/mol. The quantitative estimate of drug-likeness (QED) is 0.315. The molecule has 2 aromatic heterocycles. The van der Waals surface area contributed by atoms with Crippen molar-refractivity contribution in [2.75, 3.05) is 0 Å². The normalized spacial score (nSPS) is 11.2. The predicted octanol–water partition coefficient (Wildman–Crippen LogP) is 7.55. The number of aromatic hydroxyl groups is 1. The van der Waals surface area contributed by atoms with Crippen LogP contribution in [0.4, 0.5) is 0 Å². The predicted molar refractivity (Wildman–Crippen MR) is 133 cm³/mol. The van der Waals surface area contributed by atoms with Gasteiger partial charge in [0.1, 0.15) is 10.8 Å². The molecule has 0 saturated carbocycles. The molecular formula is C28H18N2OS. The number of pyridine rings is 1. The van der Waals surface area contributed by atoms with Crippen LogP contribution in [0.25, 0.3) is 53.9 Å². The van der Waals surface area contributed by atoms with Crippen LogP contribution >= 0.6 is 11.3 Å². The molecule has 0 aliphatic carbocycles. The van der Waals surface area contributed by atoms with Crippen LogP contribution in [0.5, 0.6) is 5.75 Å². The van der Waals surface area contributed by atoms with E-state index in [0.29, 0.717) is 0 Å². The first-order chi connectivity index (χ1) is 15.8. The minimum atomic E-state index is 0.247. The lowest BCUT2D eigenvalue weighted by molar-refractivity contribution is 0.477. The molecule has 0 aliphatic rings. The Labute approximate surface area is 189 Å². The number of fused-ring (bicyclic) bond motifs is 2. The highest BCUT2D eigenvalue weighted by atomic mass is 32.1. The zero-order valence-electron chi connectivity index (χ0n) is 17.1. The molecule has 2 heterocycles. The van der Waals surface area contributed by atoms with E-state index in [1.165, 1.54) is 10.8 Å². The third-order valence-corrected chi connectivity index (χ3v) is 6.72. The molecule has 0 fully saturated rings. The van der Waals surface area contributed by atoms with Gasteiger partial charge in [-0.05, 0) is 58.8 Å². The SMILES string of the molecule is Oc1ccccc1-c1nc2c(-c3cc(-c4ccccn4)c4ccccc4c3)cccc2s1. The van der Waals surface area contributed by atoms with Crippen molar-refractivity contribution in [1.29, 1.82) is 0 Å². The summed E-state index contributed by atoms with van der Waals surface area (Å²) in [7, 11) is 0. The van der Waals surface area contributed by atoms with Gasteiger partial charge in [-0.15, -0.1) is 11.3 Å². The fourth-order valence-electron chi connectivity index (χ4n) is 4.15. The molecule has 152 valence electrons. The third kappa shape index (κ3) is 3.13. The zero-order chi connectivity index (χ0) is 21.5. The molecule has 1 N–H and O–H groups in total. The Hall–Kier alpha value is -4.02. The molecule has 32 heavy (non-hydrogen) atoms. The summed E-state index contributed by atoms with van der Waals surface area (Å²) in [6.07, 6.45) is 1.83. The van der Waals surface area contributed by atoms with E-state index in [-0.39, 0.29) is 5.75 Å². The first-order valence-electron chi connectivity index (χ1n) is 10.4. The van der Waals surface area contributed by atoms with Crippen LogP contribution < -0.4 is 0 Å². The average molecular weight is 431 g/mol. The van der Waals surface area contributed by atoms with Crippen molar-refractivity contribution in [1.82, 2.24) is 9.97 Å². The molecule has 6 aromatic rings. The Kier molecular flexibility index (Phi) is 4.44. The molecule has 0 aliphatic heterocycles. The lowest BCUT2D eigenvalue weighted by Crippen LogP contribution is -1.88. The summed E-state index contributed by atoms with van der Waals surface area (Å²) in [6, 6.07) is 32.5. The molecule has 0 spiro atoms. The average Bonchev–Trinajstić information content (AvgIpc) is 3.28. The minimum Gasteiger partial charge on any atom is -0.507 e. The van der Waals surface area contributed by atoms with Crippen molar-refractivity contribution < 1.29 is 5.11 Å². The van der Waals surface area contributed by atoms with Gasteiger partial charge in [0.15, 0.2) is 0 Å². The monoisotopic (exact) mass is 430 g/mol. The van der Waals surface area contributed by atoms with Gasteiger partial charge in [-0.25, -0.2) is 4.98 Å². The summed E-state index contributed by atoms with van der Waals surface area (Å²) in [5.74, 6) is 0.247. The minimum absolute atomic E-state index is 0.247. The molecule has 4 heteroatoms. The molecule has 3 nitrogen and oxygen atoms in total. The summed E-state index contributed by atoms with van der Waals surface area (Å²) in [5.41, 5.74) is 5.93. The summed E-state index contributed by atoms with van der Waals surface area (Å²) in [5, 5.41) is 13.5. The lowest BCUT2D eigenvalue weighted by atomic mass is 9.94. The molecule has 4 aromatic carbocycles. The number of nitrogens with zero attached hydrogens (tertiary/aromatic N) is 2. The van der Waals surface area contributed by atoms with Crippen molar-refractivity contribution in [2.45, 2.75) is 0 Å². The Morgan fingerprint density at radius 3 is 2.38 bits per heavy atom. The fraction of sp³-hybridized carbons (Fsp3) is 0. The number of aromatic nitrogens is 2. The van der Waals surface area contributed by atoms with Crippen molar-refractivity contribution in [3.8, 4) is 38.7 Å². The van der Waals surface area contributed by atoms with E-state index >= 15 is 0 Å².